The quantitative estimate of drug-likeness (QED) is 0.351. The third-order valence-electron chi connectivity index (χ3n) is 5.58. The van der Waals surface area contributed by atoms with Crippen LogP contribution in [0, 0.1) is 0 Å². The summed E-state index contributed by atoms with van der Waals surface area (Å²) in [6, 6.07) is 21.4. The topological polar surface area (TPSA) is 95.9 Å². The number of H-pyrrole nitrogens is 2. The summed E-state index contributed by atoms with van der Waals surface area (Å²) in [7, 11) is 1.65. The molecular formula is C25H22N4O3. The number of carbonyl (C=O) groups is 1. The maximum Gasteiger partial charge on any atom is 0.271 e. The number of hydrogen-bond acceptors (Lipinski definition) is 4. The molecule has 7 nitrogen and oxygen atoms in total. The third-order valence-corrected chi connectivity index (χ3v) is 5.58. The van der Waals surface area contributed by atoms with Crippen LogP contribution in [0.25, 0.3) is 22.4 Å². The van der Waals surface area contributed by atoms with Crippen LogP contribution in [0.1, 0.15) is 27.5 Å². The number of rotatable bonds is 7. The minimum atomic E-state index is -0.252. The summed E-state index contributed by atoms with van der Waals surface area (Å²) in [5.74, 6) is 1.12. The van der Waals surface area contributed by atoms with Gasteiger partial charge in [0.1, 0.15) is 11.4 Å². The number of amides is 1. The fourth-order valence-electron chi connectivity index (χ4n) is 3.91. The van der Waals surface area contributed by atoms with Crippen molar-refractivity contribution in [2.45, 2.75) is 5.92 Å². The fraction of sp³-hybridized carbons (Fsp3) is 0.120. The Morgan fingerprint density at radius 3 is 2.75 bits per heavy atom. The Kier molecular flexibility index (Phi) is 5.21. The van der Waals surface area contributed by atoms with E-state index in [1.807, 2.05) is 54.7 Å². The van der Waals surface area contributed by atoms with Crippen LogP contribution in [-0.2, 0) is 0 Å². The van der Waals surface area contributed by atoms with Crippen LogP contribution in [0.15, 0.2) is 83.6 Å². The average molecular weight is 426 g/mol. The number of furan rings is 1. The van der Waals surface area contributed by atoms with E-state index in [2.05, 4.69) is 26.6 Å². The molecule has 0 aliphatic heterocycles. The predicted octanol–water partition coefficient (Wildman–Crippen LogP) is 4.72. The van der Waals surface area contributed by atoms with Gasteiger partial charge in [-0.15, -0.1) is 0 Å². The number of ether oxygens (including phenoxy) is 1. The molecule has 2 aromatic carbocycles. The molecule has 32 heavy (non-hydrogen) atoms. The summed E-state index contributed by atoms with van der Waals surface area (Å²) in [5.41, 5.74) is 4.22. The first kappa shape index (κ1) is 19.7. The number of fused-ring (bicyclic) bond motifs is 1. The zero-order chi connectivity index (χ0) is 21.9. The third kappa shape index (κ3) is 3.76. The lowest BCUT2D eigenvalue weighted by atomic mass is 9.90. The summed E-state index contributed by atoms with van der Waals surface area (Å²) >= 11 is 0. The van der Waals surface area contributed by atoms with E-state index < -0.39 is 0 Å². The molecule has 5 aromatic rings. The molecule has 0 saturated carbocycles. The number of aromatic nitrogens is 3. The van der Waals surface area contributed by atoms with Gasteiger partial charge in [-0.1, -0.05) is 30.3 Å². The van der Waals surface area contributed by atoms with Crippen LogP contribution in [0.5, 0.6) is 5.75 Å². The number of methoxy groups -OCH3 is 1. The normalized spacial score (nSPS) is 12.0. The molecular weight excluding hydrogens is 404 g/mol. The molecule has 0 aliphatic carbocycles. The molecule has 160 valence electrons. The molecule has 1 amide bonds. The first-order valence-corrected chi connectivity index (χ1v) is 10.3. The maximum absolute atomic E-state index is 12.8. The van der Waals surface area contributed by atoms with Crippen molar-refractivity contribution in [2.24, 2.45) is 0 Å². The van der Waals surface area contributed by atoms with Crippen LogP contribution < -0.4 is 10.1 Å². The number of aromatic amines is 2. The van der Waals surface area contributed by atoms with Crippen LogP contribution in [0.3, 0.4) is 0 Å². The molecule has 0 bridgehead atoms. The molecule has 0 fully saturated rings. The molecule has 0 radical (unpaired) electrons. The van der Waals surface area contributed by atoms with Crippen molar-refractivity contribution < 1.29 is 13.9 Å². The molecule has 0 aliphatic rings. The van der Waals surface area contributed by atoms with Crippen molar-refractivity contribution in [3.63, 3.8) is 0 Å². The Balaban J connectivity index is 1.41. The van der Waals surface area contributed by atoms with E-state index in [0.29, 0.717) is 23.7 Å². The number of benzene rings is 2. The van der Waals surface area contributed by atoms with Gasteiger partial charge in [0.05, 0.1) is 13.4 Å². The second-order valence-electron chi connectivity index (χ2n) is 7.47. The van der Waals surface area contributed by atoms with E-state index in [4.69, 9.17) is 9.15 Å². The molecule has 0 saturated heterocycles. The standard InChI is InChI=1S/C25H22N4O3/c1-31-17-10-8-16(9-11-17)19(20-15-26-21-6-3-2-5-18(20)21)14-27-25(30)23-13-22(28-29-23)24-7-4-12-32-24/h2-13,15,19,26H,14H2,1H3,(H,27,30)(H,28,29). The van der Waals surface area contributed by atoms with E-state index in [-0.39, 0.29) is 11.8 Å². The predicted molar refractivity (Wildman–Crippen MR) is 122 cm³/mol. The van der Waals surface area contributed by atoms with E-state index in [1.165, 1.54) is 0 Å². The Hall–Kier alpha value is -4.26. The monoisotopic (exact) mass is 426 g/mol. The minimum absolute atomic E-state index is 0.0514. The van der Waals surface area contributed by atoms with Crippen molar-refractivity contribution in [3.05, 3.63) is 96.0 Å². The van der Waals surface area contributed by atoms with Crippen molar-refractivity contribution in [2.75, 3.05) is 13.7 Å². The SMILES string of the molecule is COc1ccc(C(CNC(=O)c2cc(-c3ccco3)[nH]n2)c2c[nH]c3ccccc23)cc1. The first-order valence-electron chi connectivity index (χ1n) is 10.3. The lowest BCUT2D eigenvalue weighted by Gasteiger charge is -2.18. The maximum atomic E-state index is 12.8. The molecule has 3 aromatic heterocycles. The summed E-state index contributed by atoms with van der Waals surface area (Å²) in [6.07, 6.45) is 3.59. The van der Waals surface area contributed by atoms with Crippen LogP contribution in [0.2, 0.25) is 0 Å². The summed E-state index contributed by atoms with van der Waals surface area (Å²) < 4.78 is 10.7. The number of hydrogen-bond donors (Lipinski definition) is 3. The highest BCUT2D eigenvalue weighted by Gasteiger charge is 2.21. The Morgan fingerprint density at radius 1 is 1.12 bits per heavy atom. The molecule has 3 heterocycles. The van der Waals surface area contributed by atoms with Crippen molar-refractivity contribution >= 4 is 16.8 Å². The summed E-state index contributed by atoms with van der Waals surface area (Å²) in [5, 5.41) is 11.2. The molecule has 1 unspecified atom stereocenters. The highest BCUT2D eigenvalue weighted by molar-refractivity contribution is 5.93. The Labute approximate surface area is 184 Å². The minimum Gasteiger partial charge on any atom is -0.497 e. The Morgan fingerprint density at radius 2 is 1.97 bits per heavy atom. The lowest BCUT2D eigenvalue weighted by Crippen LogP contribution is -2.29. The number of para-hydroxylation sites is 1. The Bertz CT molecular complexity index is 1330. The van der Waals surface area contributed by atoms with Gasteiger partial charge in [0.25, 0.3) is 5.91 Å². The van der Waals surface area contributed by atoms with Gasteiger partial charge >= 0.3 is 0 Å². The van der Waals surface area contributed by atoms with Gasteiger partial charge in [-0.05, 0) is 41.5 Å². The van der Waals surface area contributed by atoms with Crippen molar-refractivity contribution in [1.29, 1.82) is 0 Å². The average Bonchev–Trinajstić information content (AvgIpc) is 3.60. The molecule has 0 spiro atoms. The largest absolute Gasteiger partial charge is 0.497 e. The second kappa shape index (κ2) is 8.47. The van der Waals surface area contributed by atoms with Gasteiger partial charge in [0.2, 0.25) is 0 Å². The smallest absolute Gasteiger partial charge is 0.271 e. The summed E-state index contributed by atoms with van der Waals surface area (Å²) in [4.78, 5) is 16.2. The summed E-state index contributed by atoms with van der Waals surface area (Å²) in [6.45, 7) is 0.413. The highest BCUT2D eigenvalue weighted by atomic mass is 16.5. The first-order chi connectivity index (χ1) is 15.7. The van der Waals surface area contributed by atoms with Gasteiger partial charge in [-0.3, -0.25) is 9.89 Å². The molecule has 7 heteroatoms. The van der Waals surface area contributed by atoms with Gasteiger partial charge in [-0.25, -0.2) is 0 Å². The lowest BCUT2D eigenvalue weighted by molar-refractivity contribution is 0.0947. The molecule has 3 N–H and O–H groups in total. The van der Waals surface area contributed by atoms with E-state index >= 15 is 0 Å². The molecule has 1 atom stereocenters. The van der Waals surface area contributed by atoms with Crippen molar-refractivity contribution in [3.8, 4) is 17.2 Å². The fourth-order valence-corrected chi connectivity index (χ4v) is 3.91. The highest BCUT2D eigenvalue weighted by Crippen LogP contribution is 2.31. The van der Waals surface area contributed by atoms with Crippen LogP contribution in [0.4, 0.5) is 0 Å². The zero-order valence-electron chi connectivity index (χ0n) is 17.5. The van der Waals surface area contributed by atoms with E-state index in [0.717, 1.165) is 27.8 Å². The van der Waals surface area contributed by atoms with Crippen LogP contribution >= 0.6 is 0 Å². The number of nitrogens with one attached hydrogen (secondary N) is 3. The van der Waals surface area contributed by atoms with Gasteiger partial charge in [-0.2, -0.15) is 5.10 Å². The molecule has 5 rings (SSSR count). The van der Waals surface area contributed by atoms with Crippen molar-refractivity contribution in [1.82, 2.24) is 20.5 Å². The second-order valence-corrected chi connectivity index (χ2v) is 7.47. The zero-order valence-corrected chi connectivity index (χ0v) is 17.5. The van der Waals surface area contributed by atoms with E-state index in [9.17, 15) is 4.79 Å². The number of nitrogens with zero attached hydrogens (tertiary/aromatic N) is 1. The van der Waals surface area contributed by atoms with Gasteiger partial charge in [0, 0.05) is 35.6 Å². The van der Waals surface area contributed by atoms with Crippen LogP contribution in [-0.4, -0.2) is 34.7 Å². The van der Waals surface area contributed by atoms with Gasteiger partial charge in [0.15, 0.2) is 11.5 Å². The van der Waals surface area contributed by atoms with Gasteiger partial charge < -0.3 is 19.5 Å². The van der Waals surface area contributed by atoms with E-state index in [1.54, 1.807) is 25.5 Å². The number of carbonyl (C=O) groups excluding carboxylic acids is 1.